The number of terminal acetylenes is 1. The highest BCUT2D eigenvalue weighted by atomic mass is 16.2. The van der Waals surface area contributed by atoms with Gasteiger partial charge in [0.05, 0.1) is 0 Å². The third-order valence-corrected chi connectivity index (χ3v) is 3.24. The summed E-state index contributed by atoms with van der Waals surface area (Å²) in [6, 6.07) is 8.44. The van der Waals surface area contributed by atoms with E-state index < -0.39 is 0 Å². The third-order valence-electron chi connectivity index (χ3n) is 3.24. The normalized spacial score (nSPS) is 19.4. The van der Waals surface area contributed by atoms with E-state index in [1.165, 1.54) is 11.1 Å². The average molecular weight is 227 g/mol. The van der Waals surface area contributed by atoms with Gasteiger partial charge < -0.3 is 4.90 Å². The van der Waals surface area contributed by atoms with E-state index in [0.717, 1.165) is 19.5 Å². The maximum absolute atomic E-state index is 11.6. The van der Waals surface area contributed by atoms with Gasteiger partial charge in [-0.2, -0.15) is 0 Å². The summed E-state index contributed by atoms with van der Waals surface area (Å²) in [6.45, 7) is 3.58. The van der Waals surface area contributed by atoms with E-state index in [0.29, 0.717) is 6.42 Å². The molecule has 0 aliphatic carbocycles. The van der Waals surface area contributed by atoms with Crippen LogP contribution in [0.2, 0.25) is 0 Å². The average Bonchev–Trinajstić information content (AvgIpc) is 2.69. The lowest BCUT2D eigenvalue weighted by atomic mass is 10.1. The van der Waals surface area contributed by atoms with Crippen molar-refractivity contribution < 1.29 is 4.79 Å². The summed E-state index contributed by atoms with van der Waals surface area (Å²) in [6.07, 6.45) is 6.78. The minimum Gasteiger partial charge on any atom is -0.341 e. The van der Waals surface area contributed by atoms with Crippen molar-refractivity contribution >= 4 is 5.91 Å². The van der Waals surface area contributed by atoms with Gasteiger partial charge in [0.1, 0.15) is 0 Å². The van der Waals surface area contributed by atoms with Crippen molar-refractivity contribution in [2.75, 3.05) is 13.1 Å². The molecule has 0 radical (unpaired) electrons. The van der Waals surface area contributed by atoms with Crippen molar-refractivity contribution in [3.63, 3.8) is 0 Å². The number of benzene rings is 1. The van der Waals surface area contributed by atoms with Gasteiger partial charge in [-0.05, 0) is 18.9 Å². The van der Waals surface area contributed by atoms with Crippen molar-refractivity contribution in [3.8, 4) is 12.3 Å². The topological polar surface area (TPSA) is 20.3 Å². The molecule has 1 aromatic carbocycles. The SMILES string of the molecule is C#CC1CC(=O)N(CCc2ccc(C)cc2)C1. The van der Waals surface area contributed by atoms with E-state index in [1.807, 2.05) is 4.90 Å². The van der Waals surface area contributed by atoms with Crippen molar-refractivity contribution in [1.29, 1.82) is 0 Å². The molecule has 88 valence electrons. The number of carbonyl (C=O) groups excluding carboxylic acids is 1. The maximum atomic E-state index is 11.6. The molecule has 1 saturated heterocycles. The molecule has 1 aliphatic heterocycles. The molecule has 1 amide bonds. The number of nitrogens with zero attached hydrogens (tertiary/aromatic N) is 1. The Kier molecular flexibility index (Phi) is 3.49. The van der Waals surface area contributed by atoms with Gasteiger partial charge in [-0.15, -0.1) is 12.3 Å². The fourth-order valence-electron chi connectivity index (χ4n) is 2.12. The zero-order chi connectivity index (χ0) is 12.3. The number of rotatable bonds is 3. The number of carbonyl (C=O) groups is 1. The summed E-state index contributed by atoms with van der Waals surface area (Å²) in [5.74, 6) is 2.97. The van der Waals surface area contributed by atoms with Crippen LogP contribution in [-0.2, 0) is 11.2 Å². The summed E-state index contributed by atoms with van der Waals surface area (Å²) in [5.41, 5.74) is 2.53. The predicted octanol–water partition coefficient (Wildman–Crippen LogP) is 2.02. The fraction of sp³-hybridized carbons (Fsp3) is 0.400. The lowest BCUT2D eigenvalue weighted by molar-refractivity contribution is -0.127. The van der Waals surface area contributed by atoms with E-state index in [2.05, 4.69) is 37.1 Å². The van der Waals surface area contributed by atoms with Crippen molar-refractivity contribution in [2.45, 2.75) is 19.8 Å². The second-order valence-electron chi connectivity index (χ2n) is 4.64. The van der Waals surface area contributed by atoms with E-state index in [9.17, 15) is 4.79 Å². The molecule has 0 saturated carbocycles. The predicted molar refractivity (Wildman–Crippen MR) is 68.4 cm³/mol. The number of aryl methyl sites for hydroxylation is 1. The molecule has 0 N–H and O–H groups in total. The molecule has 2 heteroatoms. The quantitative estimate of drug-likeness (QED) is 0.723. The highest BCUT2D eigenvalue weighted by molar-refractivity contribution is 5.79. The first-order valence-corrected chi connectivity index (χ1v) is 5.98. The first-order chi connectivity index (χ1) is 8.19. The molecule has 0 aromatic heterocycles. The molecule has 1 unspecified atom stereocenters. The largest absolute Gasteiger partial charge is 0.341 e. The highest BCUT2D eigenvalue weighted by Gasteiger charge is 2.27. The Morgan fingerprint density at radius 1 is 1.41 bits per heavy atom. The van der Waals surface area contributed by atoms with Gasteiger partial charge >= 0.3 is 0 Å². The fourth-order valence-corrected chi connectivity index (χ4v) is 2.12. The van der Waals surface area contributed by atoms with Crippen LogP contribution in [0.4, 0.5) is 0 Å². The van der Waals surface area contributed by atoms with Gasteiger partial charge in [0.2, 0.25) is 5.91 Å². The van der Waals surface area contributed by atoms with Crippen LogP contribution in [0.25, 0.3) is 0 Å². The standard InChI is InChI=1S/C15H17NO/c1-3-13-10-15(17)16(11-13)9-8-14-6-4-12(2)5-7-14/h1,4-7,13H,8-11H2,2H3. The molecular weight excluding hydrogens is 210 g/mol. The van der Waals surface area contributed by atoms with Crippen LogP contribution in [0, 0.1) is 25.2 Å². The van der Waals surface area contributed by atoms with Crippen LogP contribution < -0.4 is 0 Å². The molecule has 0 bridgehead atoms. The Labute approximate surface area is 103 Å². The van der Waals surface area contributed by atoms with Gasteiger partial charge in [-0.3, -0.25) is 4.79 Å². The van der Waals surface area contributed by atoms with E-state index in [-0.39, 0.29) is 11.8 Å². The lowest BCUT2D eigenvalue weighted by Crippen LogP contribution is -2.27. The Hall–Kier alpha value is -1.75. The Bertz CT molecular complexity index is 441. The van der Waals surface area contributed by atoms with Crippen molar-refractivity contribution in [3.05, 3.63) is 35.4 Å². The summed E-state index contributed by atoms with van der Waals surface area (Å²) in [4.78, 5) is 13.5. The van der Waals surface area contributed by atoms with Gasteiger partial charge in [-0.1, -0.05) is 29.8 Å². The summed E-state index contributed by atoms with van der Waals surface area (Å²) >= 11 is 0. The highest BCUT2D eigenvalue weighted by Crippen LogP contribution is 2.17. The van der Waals surface area contributed by atoms with Crippen LogP contribution in [0.5, 0.6) is 0 Å². The Balaban J connectivity index is 1.89. The van der Waals surface area contributed by atoms with Gasteiger partial charge in [0.15, 0.2) is 0 Å². The number of amides is 1. The van der Waals surface area contributed by atoms with Crippen molar-refractivity contribution in [2.24, 2.45) is 5.92 Å². The molecular formula is C15H17NO. The lowest BCUT2D eigenvalue weighted by Gasteiger charge is -2.15. The van der Waals surface area contributed by atoms with Gasteiger partial charge in [0, 0.05) is 25.4 Å². The molecule has 1 aliphatic rings. The molecule has 2 rings (SSSR count). The third kappa shape index (κ3) is 2.88. The van der Waals surface area contributed by atoms with E-state index >= 15 is 0 Å². The Morgan fingerprint density at radius 2 is 2.12 bits per heavy atom. The van der Waals surface area contributed by atoms with Crippen LogP contribution >= 0.6 is 0 Å². The van der Waals surface area contributed by atoms with Crippen LogP contribution in [0.15, 0.2) is 24.3 Å². The Morgan fingerprint density at radius 3 is 2.71 bits per heavy atom. The molecule has 2 nitrogen and oxygen atoms in total. The van der Waals surface area contributed by atoms with Crippen LogP contribution in [0.1, 0.15) is 17.5 Å². The second-order valence-corrected chi connectivity index (χ2v) is 4.64. The van der Waals surface area contributed by atoms with E-state index in [4.69, 9.17) is 6.42 Å². The summed E-state index contributed by atoms with van der Waals surface area (Å²) in [7, 11) is 0. The minimum atomic E-state index is 0.112. The van der Waals surface area contributed by atoms with Crippen LogP contribution in [0.3, 0.4) is 0 Å². The first-order valence-electron chi connectivity index (χ1n) is 5.98. The number of likely N-dealkylation sites (tertiary alicyclic amines) is 1. The van der Waals surface area contributed by atoms with Gasteiger partial charge in [-0.25, -0.2) is 0 Å². The number of hydrogen-bond acceptors (Lipinski definition) is 1. The maximum Gasteiger partial charge on any atom is 0.223 e. The van der Waals surface area contributed by atoms with Crippen molar-refractivity contribution in [1.82, 2.24) is 4.90 Å². The zero-order valence-electron chi connectivity index (χ0n) is 10.1. The van der Waals surface area contributed by atoms with Crippen LogP contribution in [-0.4, -0.2) is 23.9 Å². The molecule has 17 heavy (non-hydrogen) atoms. The van der Waals surface area contributed by atoms with E-state index in [1.54, 1.807) is 0 Å². The molecule has 1 aromatic rings. The smallest absolute Gasteiger partial charge is 0.223 e. The number of hydrogen-bond donors (Lipinski definition) is 0. The zero-order valence-corrected chi connectivity index (χ0v) is 10.1. The second kappa shape index (κ2) is 5.05. The molecule has 0 spiro atoms. The summed E-state index contributed by atoms with van der Waals surface area (Å²) < 4.78 is 0. The first kappa shape index (κ1) is 11.7. The minimum absolute atomic E-state index is 0.112. The van der Waals surface area contributed by atoms with Gasteiger partial charge in [0.25, 0.3) is 0 Å². The molecule has 1 heterocycles. The monoisotopic (exact) mass is 227 g/mol. The summed E-state index contributed by atoms with van der Waals surface area (Å²) in [5, 5.41) is 0. The molecule has 1 fully saturated rings. The molecule has 1 atom stereocenters.